The molecule has 1 aliphatic rings. The Kier molecular flexibility index (Phi) is 5.57. The highest BCUT2D eigenvalue weighted by molar-refractivity contribution is 5.93. The van der Waals surface area contributed by atoms with Gasteiger partial charge in [-0.15, -0.1) is 0 Å². The summed E-state index contributed by atoms with van der Waals surface area (Å²) in [5.74, 6) is 1.71. The first-order chi connectivity index (χ1) is 16.1. The van der Waals surface area contributed by atoms with Crippen LogP contribution in [0.3, 0.4) is 0 Å². The first-order valence-electron chi connectivity index (χ1n) is 10.9. The summed E-state index contributed by atoms with van der Waals surface area (Å²) in [5.41, 5.74) is 3.47. The SMILES string of the molecule is Cc1cc(OCC(=O)Nc2ccc(Oc3ccccc3)cc2)c2c3c(c(=O)oc2c1)CCC3. The van der Waals surface area contributed by atoms with E-state index < -0.39 is 0 Å². The monoisotopic (exact) mass is 441 g/mol. The molecule has 1 aromatic heterocycles. The highest BCUT2D eigenvalue weighted by atomic mass is 16.5. The van der Waals surface area contributed by atoms with Crippen LogP contribution in [0.25, 0.3) is 11.0 Å². The van der Waals surface area contributed by atoms with Crippen LogP contribution in [0.15, 0.2) is 75.9 Å². The fourth-order valence-electron chi connectivity index (χ4n) is 4.19. The third-order valence-electron chi connectivity index (χ3n) is 5.65. The van der Waals surface area contributed by atoms with Gasteiger partial charge in [0.25, 0.3) is 5.91 Å². The molecule has 0 saturated carbocycles. The molecule has 1 amide bonds. The zero-order valence-electron chi connectivity index (χ0n) is 18.2. The predicted molar refractivity (Wildman–Crippen MR) is 126 cm³/mol. The Morgan fingerprint density at radius 1 is 0.970 bits per heavy atom. The van der Waals surface area contributed by atoms with Gasteiger partial charge in [0.2, 0.25) is 0 Å². The number of fused-ring (bicyclic) bond motifs is 3. The van der Waals surface area contributed by atoms with Gasteiger partial charge in [0, 0.05) is 11.3 Å². The van der Waals surface area contributed by atoms with Gasteiger partial charge in [0.15, 0.2) is 6.61 Å². The van der Waals surface area contributed by atoms with E-state index in [1.54, 1.807) is 24.3 Å². The van der Waals surface area contributed by atoms with Crippen molar-refractivity contribution < 1.29 is 18.7 Å². The zero-order chi connectivity index (χ0) is 22.8. The quantitative estimate of drug-likeness (QED) is 0.406. The van der Waals surface area contributed by atoms with Gasteiger partial charge < -0.3 is 19.2 Å². The summed E-state index contributed by atoms with van der Waals surface area (Å²) in [7, 11) is 0. The summed E-state index contributed by atoms with van der Waals surface area (Å²) >= 11 is 0. The van der Waals surface area contributed by atoms with E-state index >= 15 is 0 Å². The van der Waals surface area contributed by atoms with Crippen molar-refractivity contribution in [3.05, 3.63) is 93.8 Å². The van der Waals surface area contributed by atoms with E-state index in [-0.39, 0.29) is 18.1 Å². The van der Waals surface area contributed by atoms with E-state index in [1.807, 2.05) is 49.4 Å². The normalized spacial score (nSPS) is 12.4. The Morgan fingerprint density at radius 3 is 2.48 bits per heavy atom. The summed E-state index contributed by atoms with van der Waals surface area (Å²) in [6.07, 6.45) is 2.43. The molecule has 0 spiro atoms. The van der Waals surface area contributed by atoms with Crippen molar-refractivity contribution in [3.63, 3.8) is 0 Å². The van der Waals surface area contributed by atoms with Gasteiger partial charge in [-0.25, -0.2) is 4.79 Å². The average Bonchev–Trinajstić information content (AvgIpc) is 3.30. The Balaban J connectivity index is 1.28. The van der Waals surface area contributed by atoms with E-state index in [4.69, 9.17) is 13.9 Å². The molecule has 1 aliphatic carbocycles. The molecule has 0 unspecified atom stereocenters. The van der Waals surface area contributed by atoms with Crippen LogP contribution in [0.1, 0.15) is 23.1 Å². The zero-order valence-corrected chi connectivity index (χ0v) is 18.2. The van der Waals surface area contributed by atoms with Crippen molar-refractivity contribution in [1.82, 2.24) is 0 Å². The third-order valence-corrected chi connectivity index (χ3v) is 5.65. The summed E-state index contributed by atoms with van der Waals surface area (Å²) in [6, 6.07) is 20.4. The minimum atomic E-state index is -0.282. The lowest BCUT2D eigenvalue weighted by molar-refractivity contribution is -0.118. The van der Waals surface area contributed by atoms with Crippen molar-refractivity contribution in [2.75, 3.05) is 11.9 Å². The predicted octanol–water partition coefficient (Wildman–Crippen LogP) is 5.40. The van der Waals surface area contributed by atoms with Crippen molar-refractivity contribution in [1.29, 1.82) is 0 Å². The highest BCUT2D eigenvalue weighted by Gasteiger charge is 2.22. The van der Waals surface area contributed by atoms with Gasteiger partial charge in [-0.2, -0.15) is 0 Å². The van der Waals surface area contributed by atoms with E-state index in [0.29, 0.717) is 29.2 Å². The Bertz CT molecular complexity index is 1370. The molecule has 166 valence electrons. The third kappa shape index (κ3) is 4.46. The lowest BCUT2D eigenvalue weighted by Crippen LogP contribution is -2.20. The maximum atomic E-state index is 12.5. The fourth-order valence-corrected chi connectivity index (χ4v) is 4.19. The van der Waals surface area contributed by atoms with Crippen molar-refractivity contribution in [2.45, 2.75) is 26.2 Å². The molecular weight excluding hydrogens is 418 g/mol. The largest absolute Gasteiger partial charge is 0.483 e. The maximum Gasteiger partial charge on any atom is 0.339 e. The van der Waals surface area contributed by atoms with E-state index in [9.17, 15) is 9.59 Å². The molecule has 1 N–H and O–H groups in total. The summed E-state index contributed by atoms with van der Waals surface area (Å²) < 4.78 is 17.2. The molecule has 0 saturated heterocycles. The van der Waals surface area contributed by atoms with Crippen LogP contribution in [0.2, 0.25) is 0 Å². The number of carbonyl (C=O) groups is 1. The Labute approximate surface area is 190 Å². The summed E-state index contributed by atoms with van der Waals surface area (Å²) in [5, 5.41) is 3.63. The molecular formula is C27H23NO5. The van der Waals surface area contributed by atoms with Crippen LogP contribution in [-0.4, -0.2) is 12.5 Å². The van der Waals surface area contributed by atoms with Gasteiger partial charge in [-0.3, -0.25) is 4.79 Å². The lowest BCUT2D eigenvalue weighted by atomic mass is 10.0. The second-order valence-electron chi connectivity index (χ2n) is 8.11. The molecule has 4 aromatic rings. The maximum absolute atomic E-state index is 12.5. The number of aryl methyl sites for hydroxylation is 2. The minimum Gasteiger partial charge on any atom is -0.483 e. The second-order valence-corrected chi connectivity index (χ2v) is 8.11. The minimum absolute atomic E-state index is 0.158. The van der Waals surface area contributed by atoms with Gasteiger partial charge in [-0.1, -0.05) is 18.2 Å². The number of carbonyl (C=O) groups excluding carboxylic acids is 1. The fraction of sp³-hybridized carbons (Fsp3) is 0.185. The number of para-hydroxylation sites is 1. The Morgan fingerprint density at radius 2 is 1.70 bits per heavy atom. The second kappa shape index (κ2) is 8.82. The number of hydrogen-bond donors (Lipinski definition) is 1. The van der Waals surface area contributed by atoms with Crippen molar-refractivity contribution >= 4 is 22.6 Å². The number of ether oxygens (including phenoxy) is 2. The molecule has 1 heterocycles. The molecule has 0 atom stereocenters. The standard InChI is InChI=1S/C27H23NO5/c1-17-14-23(26-21-8-5-9-22(21)27(30)33-24(26)15-17)31-16-25(29)28-18-10-12-20(13-11-18)32-19-6-3-2-4-7-19/h2-4,6-7,10-15H,5,8-9,16H2,1H3,(H,28,29). The number of amides is 1. The average molecular weight is 441 g/mol. The Hall–Kier alpha value is -4.06. The van der Waals surface area contributed by atoms with Crippen LogP contribution in [0, 0.1) is 6.92 Å². The van der Waals surface area contributed by atoms with Crippen molar-refractivity contribution in [2.24, 2.45) is 0 Å². The first kappa shape index (κ1) is 20.8. The molecule has 0 radical (unpaired) electrons. The topological polar surface area (TPSA) is 77.8 Å². The summed E-state index contributed by atoms with van der Waals surface area (Å²) in [4.78, 5) is 24.8. The number of rotatable bonds is 6. The van der Waals surface area contributed by atoms with E-state index in [2.05, 4.69) is 5.32 Å². The van der Waals surface area contributed by atoms with Gasteiger partial charge in [0.05, 0.1) is 5.39 Å². The number of anilines is 1. The van der Waals surface area contributed by atoms with Crippen LogP contribution in [0.4, 0.5) is 5.69 Å². The molecule has 6 nitrogen and oxygen atoms in total. The molecule has 33 heavy (non-hydrogen) atoms. The number of benzene rings is 3. The van der Waals surface area contributed by atoms with Crippen molar-refractivity contribution in [3.8, 4) is 17.2 Å². The van der Waals surface area contributed by atoms with Crippen LogP contribution in [-0.2, 0) is 17.6 Å². The van der Waals surface area contributed by atoms with Gasteiger partial charge >= 0.3 is 5.63 Å². The summed E-state index contributed by atoms with van der Waals surface area (Å²) in [6.45, 7) is 1.74. The molecule has 6 heteroatoms. The molecule has 0 fully saturated rings. The van der Waals surface area contributed by atoms with Crippen LogP contribution in [0.5, 0.6) is 17.2 Å². The number of nitrogens with one attached hydrogen (secondary N) is 1. The van der Waals surface area contributed by atoms with Crippen LogP contribution >= 0.6 is 0 Å². The highest BCUT2D eigenvalue weighted by Crippen LogP contribution is 2.35. The molecule has 5 rings (SSSR count). The van der Waals surface area contributed by atoms with Crippen LogP contribution < -0.4 is 20.4 Å². The van der Waals surface area contributed by atoms with E-state index in [1.165, 1.54) is 0 Å². The smallest absolute Gasteiger partial charge is 0.339 e. The molecule has 0 bridgehead atoms. The number of hydrogen-bond acceptors (Lipinski definition) is 5. The molecule has 0 aliphatic heterocycles. The van der Waals surface area contributed by atoms with Gasteiger partial charge in [-0.05, 0) is 85.8 Å². The van der Waals surface area contributed by atoms with Gasteiger partial charge in [0.1, 0.15) is 22.8 Å². The van der Waals surface area contributed by atoms with E-state index in [0.717, 1.165) is 40.7 Å². The first-order valence-corrected chi connectivity index (χ1v) is 10.9. The lowest BCUT2D eigenvalue weighted by Gasteiger charge is -2.13. The molecule has 3 aromatic carbocycles.